The van der Waals surface area contributed by atoms with Crippen molar-refractivity contribution < 1.29 is 0 Å². The van der Waals surface area contributed by atoms with E-state index in [9.17, 15) is 0 Å². The van der Waals surface area contributed by atoms with Crippen molar-refractivity contribution in [3.05, 3.63) is 0 Å². The quantitative estimate of drug-likeness (QED) is 0.673. The molecule has 0 radical (unpaired) electrons. The SMILES string of the molecule is CC.CCN1CCN(SC(C)C)CC1. The van der Waals surface area contributed by atoms with Crippen LogP contribution in [0.25, 0.3) is 0 Å². The van der Waals surface area contributed by atoms with Gasteiger partial charge in [-0.1, -0.05) is 46.6 Å². The Hall–Kier alpha value is 0.270. The molecule has 0 spiro atoms. The maximum atomic E-state index is 2.51. The molecule has 3 heteroatoms. The molecular formula is C11H26N2S. The Balaban J connectivity index is 0.000000791. The average molecular weight is 218 g/mol. The number of hydrogen-bond donors (Lipinski definition) is 0. The van der Waals surface area contributed by atoms with Gasteiger partial charge in [0.1, 0.15) is 0 Å². The number of likely N-dealkylation sites (N-methyl/N-ethyl adjacent to an activating group) is 1. The van der Waals surface area contributed by atoms with Crippen molar-refractivity contribution in [2.75, 3.05) is 32.7 Å². The molecule has 0 amide bonds. The summed E-state index contributed by atoms with van der Waals surface area (Å²) in [4.78, 5) is 2.51. The largest absolute Gasteiger partial charge is 0.301 e. The molecule has 0 atom stereocenters. The van der Waals surface area contributed by atoms with Crippen LogP contribution in [0, 0.1) is 0 Å². The summed E-state index contributed by atoms with van der Waals surface area (Å²) in [6, 6.07) is 0. The minimum atomic E-state index is 0.734. The van der Waals surface area contributed by atoms with E-state index >= 15 is 0 Å². The highest BCUT2D eigenvalue weighted by Gasteiger charge is 2.16. The van der Waals surface area contributed by atoms with Gasteiger partial charge in [0.15, 0.2) is 0 Å². The smallest absolute Gasteiger partial charge is 0.0218 e. The third-order valence-corrected chi connectivity index (χ3v) is 3.22. The first kappa shape index (κ1) is 14.3. The molecule has 2 nitrogen and oxygen atoms in total. The van der Waals surface area contributed by atoms with Gasteiger partial charge in [-0.3, -0.25) is 0 Å². The Morgan fingerprint density at radius 1 is 1.07 bits per heavy atom. The Morgan fingerprint density at radius 2 is 1.57 bits per heavy atom. The summed E-state index contributed by atoms with van der Waals surface area (Å²) in [5.74, 6) is 0. The minimum absolute atomic E-state index is 0.734. The summed E-state index contributed by atoms with van der Waals surface area (Å²) in [6.45, 7) is 16.9. The van der Waals surface area contributed by atoms with E-state index in [1.54, 1.807) is 0 Å². The van der Waals surface area contributed by atoms with Gasteiger partial charge in [-0.15, -0.1) is 0 Å². The molecule has 1 saturated heterocycles. The second-order valence-corrected chi connectivity index (χ2v) is 5.19. The first-order chi connectivity index (χ1) is 6.72. The Kier molecular flexibility index (Phi) is 8.73. The number of piperazine rings is 1. The first-order valence-corrected chi connectivity index (χ1v) is 6.70. The highest BCUT2D eigenvalue weighted by Crippen LogP contribution is 2.17. The Morgan fingerprint density at radius 3 is 1.93 bits per heavy atom. The zero-order valence-corrected chi connectivity index (χ0v) is 11.2. The third-order valence-electron chi connectivity index (χ3n) is 2.14. The van der Waals surface area contributed by atoms with Gasteiger partial charge in [0, 0.05) is 31.4 Å². The van der Waals surface area contributed by atoms with Crippen LogP contribution in [-0.2, 0) is 0 Å². The lowest BCUT2D eigenvalue weighted by atomic mass is 10.4. The third kappa shape index (κ3) is 5.89. The Labute approximate surface area is 94.2 Å². The molecular weight excluding hydrogens is 192 g/mol. The maximum Gasteiger partial charge on any atom is 0.0218 e. The second-order valence-electron chi connectivity index (χ2n) is 3.52. The molecule has 1 aliphatic heterocycles. The van der Waals surface area contributed by atoms with Crippen LogP contribution in [0.5, 0.6) is 0 Å². The van der Waals surface area contributed by atoms with Crippen molar-refractivity contribution in [1.82, 2.24) is 9.21 Å². The highest BCUT2D eigenvalue weighted by atomic mass is 32.2. The fraction of sp³-hybridized carbons (Fsp3) is 1.00. The topological polar surface area (TPSA) is 6.48 Å². The lowest BCUT2D eigenvalue weighted by Gasteiger charge is -2.33. The van der Waals surface area contributed by atoms with Gasteiger partial charge in [0.05, 0.1) is 0 Å². The zero-order chi connectivity index (χ0) is 11.0. The van der Waals surface area contributed by atoms with Crippen molar-refractivity contribution in [1.29, 1.82) is 0 Å². The summed E-state index contributed by atoms with van der Waals surface area (Å²) in [7, 11) is 0. The monoisotopic (exact) mass is 218 g/mol. The van der Waals surface area contributed by atoms with E-state index in [-0.39, 0.29) is 0 Å². The van der Waals surface area contributed by atoms with Gasteiger partial charge in [-0.25, -0.2) is 4.31 Å². The molecule has 1 rings (SSSR count). The predicted octanol–water partition coefficient (Wildman–Crippen LogP) is 2.71. The van der Waals surface area contributed by atoms with Crippen molar-refractivity contribution >= 4 is 11.9 Å². The fourth-order valence-corrected chi connectivity index (χ4v) is 2.42. The fourth-order valence-electron chi connectivity index (χ4n) is 1.45. The van der Waals surface area contributed by atoms with Crippen LogP contribution in [0.3, 0.4) is 0 Å². The van der Waals surface area contributed by atoms with Crippen LogP contribution in [0.4, 0.5) is 0 Å². The van der Waals surface area contributed by atoms with Gasteiger partial charge in [-0.05, 0) is 6.54 Å². The lowest BCUT2D eigenvalue weighted by molar-refractivity contribution is 0.205. The van der Waals surface area contributed by atoms with E-state index in [2.05, 4.69) is 30.0 Å². The average Bonchev–Trinajstić information content (AvgIpc) is 2.21. The van der Waals surface area contributed by atoms with Gasteiger partial charge in [0.25, 0.3) is 0 Å². The number of hydrogen-bond acceptors (Lipinski definition) is 3. The van der Waals surface area contributed by atoms with Crippen molar-refractivity contribution in [2.24, 2.45) is 0 Å². The molecule has 0 aliphatic carbocycles. The van der Waals surface area contributed by atoms with E-state index in [4.69, 9.17) is 0 Å². The zero-order valence-electron chi connectivity index (χ0n) is 10.4. The molecule has 0 N–H and O–H groups in total. The van der Waals surface area contributed by atoms with Gasteiger partial charge >= 0.3 is 0 Å². The van der Waals surface area contributed by atoms with Crippen molar-refractivity contribution in [3.63, 3.8) is 0 Å². The van der Waals surface area contributed by atoms with E-state index in [1.807, 2.05) is 25.8 Å². The molecule has 0 aromatic rings. The van der Waals surface area contributed by atoms with Gasteiger partial charge < -0.3 is 4.90 Å². The highest BCUT2D eigenvalue weighted by molar-refractivity contribution is 7.97. The van der Waals surface area contributed by atoms with E-state index in [1.165, 1.54) is 32.7 Å². The van der Waals surface area contributed by atoms with Crippen LogP contribution in [0.15, 0.2) is 0 Å². The molecule has 1 fully saturated rings. The van der Waals surface area contributed by atoms with Crippen molar-refractivity contribution in [2.45, 2.75) is 39.9 Å². The van der Waals surface area contributed by atoms with Crippen LogP contribution in [-0.4, -0.2) is 47.2 Å². The number of rotatable bonds is 3. The summed E-state index contributed by atoms with van der Waals surface area (Å²) in [5, 5.41) is 0.734. The van der Waals surface area contributed by atoms with Crippen LogP contribution in [0.2, 0.25) is 0 Å². The molecule has 1 aliphatic rings. The van der Waals surface area contributed by atoms with Gasteiger partial charge in [0.2, 0.25) is 0 Å². The molecule has 0 saturated carbocycles. The molecule has 0 aromatic heterocycles. The lowest BCUT2D eigenvalue weighted by Crippen LogP contribution is -2.43. The van der Waals surface area contributed by atoms with Gasteiger partial charge in [-0.2, -0.15) is 0 Å². The first-order valence-electron chi connectivity index (χ1n) is 5.86. The summed E-state index contributed by atoms with van der Waals surface area (Å²) >= 11 is 1.99. The van der Waals surface area contributed by atoms with E-state index in [0.717, 1.165) is 5.25 Å². The summed E-state index contributed by atoms with van der Waals surface area (Å²) in [6.07, 6.45) is 0. The maximum absolute atomic E-state index is 2.51. The van der Waals surface area contributed by atoms with Crippen molar-refractivity contribution in [3.8, 4) is 0 Å². The molecule has 1 heterocycles. The van der Waals surface area contributed by atoms with E-state index < -0.39 is 0 Å². The minimum Gasteiger partial charge on any atom is -0.301 e. The molecule has 0 bridgehead atoms. The van der Waals surface area contributed by atoms with Crippen LogP contribution >= 0.6 is 11.9 Å². The second kappa shape index (κ2) is 8.57. The van der Waals surface area contributed by atoms with Crippen LogP contribution in [0.1, 0.15) is 34.6 Å². The molecule has 14 heavy (non-hydrogen) atoms. The van der Waals surface area contributed by atoms with Crippen LogP contribution < -0.4 is 0 Å². The number of nitrogens with zero attached hydrogens (tertiary/aromatic N) is 2. The molecule has 0 aromatic carbocycles. The molecule has 0 unspecified atom stereocenters. The normalized spacial score (nSPS) is 19.3. The predicted molar refractivity (Wildman–Crippen MR) is 67.8 cm³/mol. The molecule has 86 valence electrons. The summed E-state index contributed by atoms with van der Waals surface area (Å²) < 4.78 is 2.50. The van der Waals surface area contributed by atoms with E-state index in [0.29, 0.717) is 0 Å². The standard InChI is InChI=1S/C9H20N2S.C2H6/c1-4-10-5-7-11(8-6-10)12-9(2)3;1-2/h9H,4-8H2,1-3H3;1-2H3. The summed E-state index contributed by atoms with van der Waals surface area (Å²) in [5.41, 5.74) is 0. The Bertz CT molecular complexity index is 120.